The molecule has 18 heavy (non-hydrogen) atoms. The van der Waals surface area contributed by atoms with Gasteiger partial charge in [0.1, 0.15) is 6.04 Å². The molecule has 0 heterocycles. The van der Waals surface area contributed by atoms with E-state index in [9.17, 15) is 10.1 Å². The number of benzene rings is 1. The summed E-state index contributed by atoms with van der Waals surface area (Å²) in [6.07, 6.45) is 0.407. The third-order valence-corrected chi connectivity index (χ3v) is 2.93. The topological polar surface area (TPSA) is 47.3 Å². The van der Waals surface area contributed by atoms with E-state index >= 15 is 0 Å². The zero-order valence-electron chi connectivity index (χ0n) is 11.3. The summed E-state index contributed by atoms with van der Waals surface area (Å²) in [5, 5.41) is 9.22. The van der Waals surface area contributed by atoms with Crippen LogP contribution in [-0.2, 0) is 4.79 Å². The largest absolute Gasteiger partial charge is 0.378 e. The van der Waals surface area contributed by atoms with Crippen LogP contribution in [0.5, 0.6) is 0 Å². The molecule has 0 radical (unpaired) electrons. The van der Waals surface area contributed by atoms with E-state index in [-0.39, 0.29) is 5.91 Å². The van der Waals surface area contributed by atoms with Gasteiger partial charge >= 0.3 is 0 Å². The van der Waals surface area contributed by atoms with Gasteiger partial charge < -0.3 is 9.80 Å². The number of carbonyl (C=O) groups excluding carboxylic acids is 1. The first-order chi connectivity index (χ1) is 8.51. The van der Waals surface area contributed by atoms with Gasteiger partial charge in [-0.25, -0.2) is 0 Å². The monoisotopic (exact) mass is 245 g/mol. The van der Waals surface area contributed by atoms with Crippen LogP contribution >= 0.6 is 0 Å². The minimum Gasteiger partial charge on any atom is -0.378 e. The average Bonchev–Trinajstić information content (AvgIpc) is 2.39. The van der Waals surface area contributed by atoms with Crippen LogP contribution in [0.15, 0.2) is 24.3 Å². The van der Waals surface area contributed by atoms with Crippen molar-refractivity contribution in [2.24, 2.45) is 0 Å². The molecule has 0 spiro atoms. The van der Waals surface area contributed by atoms with Gasteiger partial charge in [-0.1, -0.05) is 19.1 Å². The summed E-state index contributed by atoms with van der Waals surface area (Å²) < 4.78 is 0. The van der Waals surface area contributed by atoms with Crippen LogP contribution in [0.4, 0.5) is 5.69 Å². The Morgan fingerprint density at radius 1 is 1.28 bits per heavy atom. The molecule has 1 unspecified atom stereocenters. The van der Waals surface area contributed by atoms with Gasteiger partial charge in [-0.15, -0.1) is 0 Å². The fourth-order valence-electron chi connectivity index (χ4n) is 1.73. The van der Waals surface area contributed by atoms with E-state index in [0.29, 0.717) is 6.42 Å². The van der Waals surface area contributed by atoms with Crippen LogP contribution in [0.1, 0.15) is 24.9 Å². The maximum atomic E-state index is 11.6. The van der Waals surface area contributed by atoms with E-state index < -0.39 is 6.04 Å². The van der Waals surface area contributed by atoms with Gasteiger partial charge in [-0.2, -0.15) is 5.26 Å². The minimum atomic E-state index is -0.520. The number of anilines is 1. The Kier molecular flexibility index (Phi) is 4.73. The maximum absolute atomic E-state index is 11.6. The maximum Gasteiger partial charge on any atom is 0.223 e. The summed E-state index contributed by atoms with van der Waals surface area (Å²) in [5.41, 5.74) is 1.91. The Hall–Kier alpha value is -2.02. The smallest absolute Gasteiger partial charge is 0.223 e. The molecular formula is C14H19N3O. The second kappa shape index (κ2) is 6.06. The first-order valence-corrected chi connectivity index (χ1v) is 5.93. The molecule has 1 aromatic rings. The Morgan fingerprint density at radius 2 is 1.83 bits per heavy atom. The minimum absolute atomic E-state index is 0.0294. The summed E-state index contributed by atoms with van der Waals surface area (Å²) in [4.78, 5) is 15.1. The van der Waals surface area contributed by atoms with Gasteiger partial charge in [0.05, 0.1) is 6.07 Å². The lowest BCUT2D eigenvalue weighted by atomic mass is 10.1. The first kappa shape index (κ1) is 14.0. The van der Waals surface area contributed by atoms with Crippen molar-refractivity contribution >= 4 is 11.6 Å². The lowest BCUT2D eigenvalue weighted by Gasteiger charge is -2.23. The summed E-state index contributed by atoms with van der Waals surface area (Å²) >= 11 is 0. The number of hydrogen-bond acceptors (Lipinski definition) is 3. The van der Waals surface area contributed by atoms with Crippen LogP contribution in [-0.4, -0.2) is 32.0 Å². The standard InChI is InChI=1S/C14H19N3O/c1-5-14(18)17(4)13(10-15)11-6-8-12(9-7-11)16(2)3/h6-9,13H,5H2,1-4H3. The van der Waals surface area contributed by atoms with Crippen molar-refractivity contribution in [1.29, 1.82) is 5.26 Å². The third kappa shape index (κ3) is 3.01. The van der Waals surface area contributed by atoms with E-state index in [1.54, 1.807) is 14.0 Å². The SMILES string of the molecule is CCC(=O)N(C)C(C#N)c1ccc(N(C)C)cc1. The Balaban J connectivity index is 2.96. The molecule has 4 nitrogen and oxygen atoms in total. The number of hydrogen-bond donors (Lipinski definition) is 0. The fourth-order valence-corrected chi connectivity index (χ4v) is 1.73. The highest BCUT2D eigenvalue weighted by Gasteiger charge is 2.19. The number of nitrogens with zero attached hydrogens (tertiary/aromatic N) is 3. The molecule has 1 aromatic carbocycles. The molecular weight excluding hydrogens is 226 g/mol. The van der Waals surface area contributed by atoms with Crippen LogP contribution < -0.4 is 4.90 Å². The van der Waals surface area contributed by atoms with Gasteiger partial charge in [0.2, 0.25) is 5.91 Å². The van der Waals surface area contributed by atoms with E-state index in [0.717, 1.165) is 11.3 Å². The molecule has 0 aliphatic heterocycles. The van der Waals surface area contributed by atoms with Gasteiger partial charge in [0, 0.05) is 33.3 Å². The summed E-state index contributed by atoms with van der Waals surface area (Å²) in [5.74, 6) is -0.0294. The van der Waals surface area contributed by atoms with Crippen LogP contribution in [0.2, 0.25) is 0 Å². The van der Waals surface area contributed by atoms with Crippen LogP contribution in [0.3, 0.4) is 0 Å². The average molecular weight is 245 g/mol. The molecule has 0 bridgehead atoms. The number of rotatable bonds is 4. The quantitative estimate of drug-likeness (QED) is 0.817. The van der Waals surface area contributed by atoms with Crippen molar-refractivity contribution < 1.29 is 4.79 Å². The lowest BCUT2D eigenvalue weighted by molar-refractivity contribution is -0.130. The highest BCUT2D eigenvalue weighted by atomic mass is 16.2. The van der Waals surface area contributed by atoms with Crippen molar-refractivity contribution in [2.75, 3.05) is 26.0 Å². The van der Waals surface area contributed by atoms with Crippen molar-refractivity contribution in [2.45, 2.75) is 19.4 Å². The predicted octanol–water partition coefficient (Wildman–Crippen LogP) is 2.19. The molecule has 1 rings (SSSR count). The van der Waals surface area contributed by atoms with E-state index in [2.05, 4.69) is 6.07 Å². The number of carbonyl (C=O) groups is 1. The summed E-state index contributed by atoms with van der Waals surface area (Å²) in [7, 11) is 5.59. The molecule has 0 saturated heterocycles. The van der Waals surface area contributed by atoms with Gasteiger partial charge in [-0.05, 0) is 17.7 Å². The van der Waals surface area contributed by atoms with Gasteiger partial charge in [0.25, 0.3) is 0 Å². The zero-order valence-corrected chi connectivity index (χ0v) is 11.3. The molecule has 1 atom stereocenters. The lowest BCUT2D eigenvalue weighted by Crippen LogP contribution is -2.29. The Morgan fingerprint density at radius 3 is 2.22 bits per heavy atom. The van der Waals surface area contributed by atoms with Gasteiger partial charge in [0.15, 0.2) is 0 Å². The second-order valence-electron chi connectivity index (χ2n) is 4.38. The molecule has 0 saturated carbocycles. The van der Waals surface area contributed by atoms with Crippen molar-refractivity contribution in [3.8, 4) is 6.07 Å². The predicted molar refractivity (Wildman–Crippen MR) is 72.2 cm³/mol. The highest BCUT2D eigenvalue weighted by molar-refractivity contribution is 5.76. The Labute approximate surface area is 108 Å². The third-order valence-electron chi connectivity index (χ3n) is 2.93. The second-order valence-corrected chi connectivity index (χ2v) is 4.38. The van der Waals surface area contributed by atoms with E-state index in [1.165, 1.54) is 4.90 Å². The molecule has 0 fully saturated rings. The van der Waals surface area contributed by atoms with Crippen molar-refractivity contribution in [3.05, 3.63) is 29.8 Å². The molecule has 1 amide bonds. The molecule has 0 aromatic heterocycles. The molecule has 0 aliphatic carbocycles. The van der Waals surface area contributed by atoms with Crippen LogP contribution in [0.25, 0.3) is 0 Å². The molecule has 96 valence electrons. The van der Waals surface area contributed by atoms with Crippen LogP contribution in [0, 0.1) is 11.3 Å². The molecule has 0 aliphatic rings. The summed E-state index contributed by atoms with van der Waals surface area (Å²) in [6.45, 7) is 1.79. The van der Waals surface area contributed by atoms with E-state index in [4.69, 9.17) is 0 Å². The first-order valence-electron chi connectivity index (χ1n) is 5.93. The molecule has 4 heteroatoms. The highest BCUT2D eigenvalue weighted by Crippen LogP contribution is 2.22. The van der Waals surface area contributed by atoms with E-state index in [1.807, 2.05) is 43.3 Å². The normalized spacial score (nSPS) is 11.5. The summed E-state index contributed by atoms with van der Waals surface area (Å²) in [6, 6.07) is 9.33. The zero-order chi connectivity index (χ0) is 13.7. The van der Waals surface area contributed by atoms with Crippen molar-refractivity contribution in [3.63, 3.8) is 0 Å². The number of amides is 1. The fraction of sp³-hybridized carbons (Fsp3) is 0.429. The Bertz CT molecular complexity index is 445. The number of nitriles is 1. The van der Waals surface area contributed by atoms with Crippen molar-refractivity contribution in [1.82, 2.24) is 4.90 Å². The molecule has 0 N–H and O–H groups in total. The van der Waals surface area contributed by atoms with Gasteiger partial charge in [-0.3, -0.25) is 4.79 Å².